The molecule has 26 heavy (non-hydrogen) atoms. The first kappa shape index (κ1) is 23.0. The molecule has 0 spiro atoms. The van der Waals surface area contributed by atoms with Gasteiger partial charge in [-0.1, -0.05) is 18.2 Å². The van der Waals surface area contributed by atoms with E-state index in [2.05, 4.69) is 64.4 Å². The Hall–Kier alpha value is -1.02. The van der Waals surface area contributed by atoms with E-state index >= 15 is 0 Å². The normalized spacial score (nSPS) is 15.5. The molecular weight excluding hydrogens is 439 g/mol. The number of hydrogen-bond acceptors (Lipinski definition) is 3. The Morgan fingerprint density at radius 3 is 2.54 bits per heavy atom. The maximum absolute atomic E-state index is 5.72. The molecule has 1 N–H and O–H groups in total. The number of anilines is 1. The first-order valence-corrected chi connectivity index (χ1v) is 9.58. The van der Waals surface area contributed by atoms with Crippen LogP contribution in [0.15, 0.2) is 35.3 Å². The summed E-state index contributed by atoms with van der Waals surface area (Å²) in [4.78, 5) is 9.11. The number of nitrogens with zero attached hydrogens (tertiary/aromatic N) is 3. The minimum atomic E-state index is 0. The van der Waals surface area contributed by atoms with Gasteiger partial charge in [0.2, 0.25) is 0 Å². The number of nitrogens with one attached hydrogen (secondary N) is 1. The fourth-order valence-corrected chi connectivity index (χ4v) is 3.29. The van der Waals surface area contributed by atoms with Gasteiger partial charge in [0.15, 0.2) is 5.96 Å². The molecule has 0 aliphatic carbocycles. The average Bonchev–Trinajstić information content (AvgIpc) is 2.66. The van der Waals surface area contributed by atoms with Crippen molar-refractivity contribution in [1.82, 2.24) is 10.2 Å². The van der Waals surface area contributed by atoms with Gasteiger partial charge in [0.05, 0.1) is 6.10 Å². The number of likely N-dealkylation sites (tertiary alicyclic amines) is 1. The molecule has 1 aromatic rings. The number of hydrogen-bond donors (Lipinski definition) is 1. The van der Waals surface area contributed by atoms with Gasteiger partial charge >= 0.3 is 0 Å². The van der Waals surface area contributed by atoms with Crippen molar-refractivity contribution in [2.24, 2.45) is 4.99 Å². The first-order chi connectivity index (χ1) is 12.2. The molecule has 0 unspecified atom stereocenters. The molecule has 0 amide bonds. The molecule has 0 radical (unpaired) electrons. The topological polar surface area (TPSA) is 40.1 Å². The zero-order valence-corrected chi connectivity index (χ0v) is 18.8. The molecule has 1 fully saturated rings. The highest BCUT2D eigenvalue weighted by Crippen LogP contribution is 2.14. The van der Waals surface area contributed by atoms with Crippen molar-refractivity contribution in [2.45, 2.75) is 38.7 Å². The van der Waals surface area contributed by atoms with Crippen molar-refractivity contribution in [3.05, 3.63) is 30.3 Å². The maximum atomic E-state index is 5.72. The van der Waals surface area contributed by atoms with Crippen LogP contribution in [0.3, 0.4) is 0 Å². The van der Waals surface area contributed by atoms with E-state index in [-0.39, 0.29) is 24.0 Å². The van der Waals surface area contributed by atoms with Crippen molar-refractivity contribution in [3.63, 3.8) is 0 Å². The lowest BCUT2D eigenvalue weighted by Gasteiger charge is -2.34. The lowest BCUT2D eigenvalue weighted by atomic mass is 10.1. The minimum absolute atomic E-state index is 0. The fourth-order valence-electron chi connectivity index (χ4n) is 3.29. The summed E-state index contributed by atoms with van der Waals surface area (Å²) in [5.41, 5.74) is 1.28. The zero-order valence-electron chi connectivity index (χ0n) is 16.5. The van der Waals surface area contributed by atoms with Crippen LogP contribution in [0.25, 0.3) is 0 Å². The molecule has 148 valence electrons. The Balaban J connectivity index is 0.00000338. The molecule has 2 rings (SSSR count). The molecule has 0 saturated carbocycles. The van der Waals surface area contributed by atoms with Gasteiger partial charge < -0.3 is 19.9 Å². The van der Waals surface area contributed by atoms with Crippen LogP contribution in [-0.2, 0) is 4.74 Å². The molecule has 5 nitrogen and oxygen atoms in total. The van der Waals surface area contributed by atoms with Gasteiger partial charge in [-0.15, -0.1) is 24.0 Å². The Bertz CT molecular complexity index is 504. The molecule has 0 bridgehead atoms. The fraction of sp³-hybridized carbons (Fsp3) is 0.650. The summed E-state index contributed by atoms with van der Waals surface area (Å²) in [5, 5.41) is 3.52. The average molecular weight is 474 g/mol. The Morgan fingerprint density at radius 2 is 1.92 bits per heavy atom. The third-order valence-corrected chi connectivity index (χ3v) is 4.76. The van der Waals surface area contributed by atoms with E-state index < -0.39 is 0 Å². The summed E-state index contributed by atoms with van der Waals surface area (Å²) in [6.45, 7) is 6.99. The largest absolute Gasteiger partial charge is 0.378 e. The van der Waals surface area contributed by atoms with Crippen LogP contribution in [0.4, 0.5) is 5.69 Å². The van der Waals surface area contributed by atoms with Crippen LogP contribution in [0.5, 0.6) is 0 Å². The smallest absolute Gasteiger partial charge is 0.193 e. The highest BCUT2D eigenvalue weighted by atomic mass is 127. The van der Waals surface area contributed by atoms with E-state index in [0.717, 1.165) is 58.0 Å². The number of unbranched alkanes of at least 4 members (excludes halogenated alkanes) is 1. The molecule has 1 heterocycles. The number of para-hydroxylation sites is 1. The summed E-state index contributed by atoms with van der Waals surface area (Å²) < 4.78 is 5.72. The standard InChI is InChI=1S/C20H34N4O.HI/c1-4-25-19-12-16-24(17-13-19)20(21-2)22-14-8-9-15-23(3)18-10-6-5-7-11-18;/h5-7,10-11,19H,4,8-9,12-17H2,1-3H3,(H,21,22);1H. The van der Waals surface area contributed by atoms with Crippen molar-refractivity contribution in [1.29, 1.82) is 0 Å². The van der Waals surface area contributed by atoms with E-state index in [0.29, 0.717) is 6.10 Å². The van der Waals surface area contributed by atoms with E-state index in [1.807, 2.05) is 7.05 Å². The van der Waals surface area contributed by atoms with E-state index in [1.165, 1.54) is 12.1 Å². The highest BCUT2D eigenvalue weighted by molar-refractivity contribution is 14.0. The third kappa shape index (κ3) is 7.70. The second-order valence-corrected chi connectivity index (χ2v) is 6.58. The predicted molar refractivity (Wildman–Crippen MR) is 122 cm³/mol. The number of piperidine rings is 1. The van der Waals surface area contributed by atoms with Crippen molar-refractivity contribution in [3.8, 4) is 0 Å². The SMILES string of the molecule is CCOC1CCN(C(=NC)NCCCCN(C)c2ccccc2)CC1.I. The van der Waals surface area contributed by atoms with Gasteiger partial charge in [0, 0.05) is 52.6 Å². The van der Waals surface area contributed by atoms with Gasteiger partial charge in [-0.05, 0) is 44.7 Å². The number of rotatable bonds is 8. The van der Waals surface area contributed by atoms with E-state index in [1.54, 1.807) is 0 Å². The second kappa shape index (κ2) is 13.2. The van der Waals surface area contributed by atoms with Gasteiger partial charge in [-0.25, -0.2) is 0 Å². The van der Waals surface area contributed by atoms with Crippen LogP contribution in [0, 0.1) is 0 Å². The maximum Gasteiger partial charge on any atom is 0.193 e. The predicted octanol–water partition coefficient (Wildman–Crippen LogP) is 3.60. The molecule has 1 aliphatic heterocycles. The summed E-state index contributed by atoms with van der Waals surface area (Å²) in [7, 11) is 4.03. The number of aliphatic imine (C=N–C) groups is 1. The quantitative estimate of drug-likeness (QED) is 0.271. The Kier molecular flexibility index (Phi) is 11.7. The van der Waals surface area contributed by atoms with Crippen LogP contribution >= 0.6 is 24.0 Å². The van der Waals surface area contributed by atoms with Gasteiger partial charge in [0.1, 0.15) is 0 Å². The molecule has 0 aromatic heterocycles. The number of ether oxygens (including phenoxy) is 1. The molecular formula is C20H35IN4O. The lowest BCUT2D eigenvalue weighted by molar-refractivity contribution is 0.0264. The zero-order chi connectivity index (χ0) is 17.9. The lowest BCUT2D eigenvalue weighted by Crippen LogP contribution is -2.47. The summed E-state index contributed by atoms with van der Waals surface area (Å²) in [6, 6.07) is 10.6. The molecule has 1 aliphatic rings. The number of guanidine groups is 1. The van der Waals surface area contributed by atoms with Crippen LogP contribution in [0.2, 0.25) is 0 Å². The summed E-state index contributed by atoms with van der Waals surface area (Å²) >= 11 is 0. The van der Waals surface area contributed by atoms with Gasteiger partial charge in [0.25, 0.3) is 0 Å². The first-order valence-electron chi connectivity index (χ1n) is 9.58. The summed E-state index contributed by atoms with van der Waals surface area (Å²) in [6.07, 6.45) is 4.92. The molecule has 1 aromatic carbocycles. The van der Waals surface area contributed by atoms with Crippen LogP contribution in [-0.4, -0.2) is 63.8 Å². The molecule has 0 atom stereocenters. The van der Waals surface area contributed by atoms with Crippen LogP contribution in [0.1, 0.15) is 32.6 Å². The van der Waals surface area contributed by atoms with Crippen molar-refractivity contribution in [2.75, 3.05) is 51.8 Å². The van der Waals surface area contributed by atoms with Crippen LogP contribution < -0.4 is 10.2 Å². The van der Waals surface area contributed by atoms with Gasteiger partial charge in [-0.3, -0.25) is 4.99 Å². The number of halogens is 1. The minimum Gasteiger partial charge on any atom is -0.378 e. The molecule has 1 saturated heterocycles. The van der Waals surface area contributed by atoms with E-state index in [4.69, 9.17) is 4.74 Å². The van der Waals surface area contributed by atoms with Crippen molar-refractivity contribution < 1.29 is 4.74 Å². The van der Waals surface area contributed by atoms with E-state index in [9.17, 15) is 0 Å². The second-order valence-electron chi connectivity index (χ2n) is 6.58. The summed E-state index contributed by atoms with van der Waals surface area (Å²) in [5.74, 6) is 1.03. The Morgan fingerprint density at radius 1 is 1.23 bits per heavy atom. The van der Waals surface area contributed by atoms with Gasteiger partial charge in [-0.2, -0.15) is 0 Å². The number of benzene rings is 1. The third-order valence-electron chi connectivity index (χ3n) is 4.76. The highest BCUT2D eigenvalue weighted by Gasteiger charge is 2.21. The monoisotopic (exact) mass is 474 g/mol. The van der Waals surface area contributed by atoms with Crippen molar-refractivity contribution >= 4 is 35.6 Å². The Labute approximate surface area is 176 Å². The molecule has 6 heteroatoms.